The summed E-state index contributed by atoms with van der Waals surface area (Å²) in [5.41, 5.74) is 1.08. The van der Waals surface area contributed by atoms with Crippen molar-refractivity contribution < 1.29 is 4.79 Å². The smallest absolute Gasteiger partial charge is 0.158 e. The van der Waals surface area contributed by atoms with Gasteiger partial charge in [0.05, 0.1) is 0 Å². The van der Waals surface area contributed by atoms with Gasteiger partial charge in [-0.1, -0.05) is 12.2 Å². The van der Waals surface area contributed by atoms with Crippen LogP contribution >= 0.6 is 0 Å². The lowest BCUT2D eigenvalue weighted by atomic mass is 9.94. The summed E-state index contributed by atoms with van der Waals surface area (Å²) in [6.45, 7) is 3.64. The fourth-order valence-corrected chi connectivity index (χ4v) is 1.66. The molecule has 1 aliphatic rings. The van der Waals surface area contributed by atoms with Crippen molar-refractivity contribution in [1.29, 1.82) is 0 Å². The van der Waals surface area contributed by atoms with E-state index in [0.29, 0.717) is 12.2 Å². The van der Waals surface area contributed by atoms with Crippen LogP contribution < -0.4 is 0 Å². The quantitative estimate of drug-likeness (QED) is 0.465. The number of carbonyl (C=O) groups excluding carboxylic acids is 1. The van der Waals surface area contributed by atoms with Crippen LogP contribution in [0.25, 0.3) is 0 Å². The second-order valence-electron chi connectivity index (χ2n) is 3.58. The lowest BCUT2D eigenvalue weighted by Crippen LogP contribution is -2.05. The van der Waals surface area contributed by atoms with Gasteiger partial charge in [0.25, 0.3) is 0 Å². The maximum atomic E-state index is 11.6. The first-order chi connectivity index (χ1) is 6.34. The highest BCUT2D eigenvalue weighted by atomic mass is 16.1. The molecule has 0 aromatic carbocycles. The molecule has 0 unspecified atom stereocenters. The van der Waals surface area contributed by atoms with Crippen LogP contribution in [0.3, 0.4) is 0 Å². The number of rotatable bonds is 5. The molecule has 0 saturated carbocycles. The van der Waals surface area contributed by atoms with E-state index in [1.54, 1.807) is 0 Å². The summed E-state index contributed by atoms with van der Waals surface area (Å²) in [5, 5.41) is 0. The van der Waals surface area contributed by atoms with Gasteiger partial charge in [0.15, 0.2) is 5.78 Å². The number of hydrogen-bond acceptors (Lipinski definition) is 1. The first-order valence-electron chi connectivity index (χ1n) is 5.17. The van der Waals surface area contributed by atoms with Gasteiger partial charge in [-0.05, 0) is 44.1 Å². The maximum Gasteiger partial charge on any atom is 0.158 e. The molecule has 0 heterocycles. The molecule has 0 aromatic heterocycles. The fourth-order valence-electron chi connectivity index (χ4n) is 1.66. The predicted octanol–water partition coefficient (Wildman–Crippen LogP) is 3.41. The maximum absolute atomic E-state index is 11.6. The molecule has 0 aromatic rings. The molecule has 0 spiro atoms. The van der Waals surface area contributed by atoms with E-state index >= 15 is 0 Å². The van der Waals surface area contributed by atoms with Gasteiger partial charge in [0, 0.05) is 6.42 Å². The molecule has 0 aliphatic heterocycles. The highest BCUT2D eigenvalue weighted by Crippen LogP contribution is 2.19. The zero-order chi connectivity index (χ0) is 9.52. The number of Topliss-reactive ketones (excluding diaryl/α,β-unsaturated/α-hetero) is 1. The third-order valence-electron chi connectivity index (χ3n) is 2.46. The number of ketones is 1. The van der Waals surface area contributed by atoms with Crippen molar-refractivity contribution in [2.75, 3.05) is 0 Å². The van der Waals surface area contributed by atoms with Crippen LogP contribution in [-0.2, 0) is 4.79 Å². The van der Waals surface area contributed by atoms with Crippen molar-refractivity contribution in [3.05, 3.63) is 24.3 Å². The normalized spacial score (nSPS) is 16.5. The zero-order valence-corrected chi connectivity index (χ0v) is 8.22. The summed E-state index contributed by atoms with van der Waals surface area (Å²) in [6, 6.07) is 0. The zero-order valence-electron chi connectivity index (χ0n) is 8.22. The molecule has 72 valence electrons. The number of allylic oxidation sites excluding steroid dienone is 3. The Kier molecular flexibility index (Phi) is 4.52. The van der Waals surface area contributed by atoms with E-state index in [-0.39, 0.29) is 0 Å². The molecule has 0 bridgehead atoms. The van der Waals surface area contributed by atoms with E-state index in [0.717, 1.165) is 31.3 Å². The van der Waals surface area contributed by atoms with Crippen LogP contribution in [0, 0.1) is 0 Å². The van der Waals surface area contributed by atoms with Crippen molar-refractivity contribution in [3.8, 4) is 0 Å². The van der Waals surface area contributed by atoms with Gasteiger partial charge in [0.1, 0.15) is 0 Å². The van der Waals surface area contributed by atoms with Crippen LogP contribution in [0.2, 0.25) is 0 Å². The lowest BCUT2D eigenvalue weighted by molar-refractivity contribution is -0.115. The SMILES string of the molecule is C=CCCCC(=O)C1=CCCCC1. The van der Waals surface area contributed by atoms with E-state index in [1.807, 2.05) is 6.08 Å². The average molecular weight is 178 g/mol. The van der Waals surface area contributed by atoms with Crippen LogP contribution in [0.5, 0.6) is 0 Å². The molecule has 1 rings (SSSR count). The Morgan fingerprint density at radius 2 is 2.38 bits per heavy atom. The summed E-state index contributed by atoms with van der Waals surface area (Å²) < 4.78 is 0. The van der Waals surface area contributed by atoms with Crippen molar-refractivity contribution in [2.24, 2.45) is 0 Å². The Morgan fingerprint density at radius 1 is 1.54 bits per heavy atom. The van der Waals surface area contributed by atoms with Crippen molar-refractivity contribution in [2.45, 2.75) is 44.9 Å². The molecule has 0 amide bonds. The topological polar surface area (TPSA) is 17.1 Å². The molecule has 0 atom stereocenters. The third-order valence-corrected chi connectivity index (χ3v) is 2.46. The summed E-state index contributed by atoms with van der Waals surface area (Å²) in [6.07, 6.45) is 11.2. The van der Waals surface area contributed by atoms with E-state index in [4.69, 9.17) is 0 Å². The fraction of sp³-hybridized carbons (Fsp3) is 0.583. The van der Waals surface area contributed by atoms with Gasteiger partial charge in [-0.3, -0.25) is 4.79 Å². The molecule has 13 heavy (non-hydrogen) atoms. The first-order valence-corrected chi connectivity index (χ1v) is 5.17. The third kappa shape index (κ3) is 3.58. The standard InChI is InChI=1S/C12H18O/c1-2-3-5-10-12(13)11-8-6-4-7-9-11/h2,8H,1,3-7,9-10H2. The second-order valence-corrected chi connectivity index (χ2v) is 3.58. The number of unbranched alkanes of at least 4 members (excludes halogenated alkanes) is 1. The van der Waals surface area contributed by atoms with Crippen LogP contribution in [0.1, 0.15) is 44.9 Å². The molecular weight excluding hydrogens is 160 g/mol. The van der Waals surface area contributed by atoms with Crippen molar-refractivity contribution in [1.82, 2.24) is 0 Å². The Bertz CT molecular complexity index is 213. The predicted molar refractivity (Wildman–Crippen MR) is 55.6 cm³/mol. The van der Waals surface area contributed by atoms with Gasteiger partial charge >= 0.3 is 0 Å². The number of carbonyl (C=O) groups is 1. The van der Waals surface area contributed by atoms with Gasteiger partial charge in [-0.25, -0.2) is 0 Å². The summed E-state index contributed by atoms with van der Waals surface area (Å²) in [5.74, 6) is 0.363. The molecule has 1 aliphatic carbocycles. The molecular formula is C12H18O. The monoisotopic (exact) mass is 178 g/mol. The minimum Gasteiger partial charge on any atom is -0.295 e. The highest BCUT2D eigenvalue weighted by Gasteiger charge is 2.10. The van der Waals surface area contributed by atoms with Gasteiger partial charge < -0.3 is 0 Å². The Labute approximate surface area is 80.5 Å². The van der Waals surface area contributed by atoms with E-state index in [9.17, 15) is 4.79 Å². The highest BCUT2D eigenvalue weighted by molar-refractivity contribution is 5.95. The lowest BCUT2D eigenvalue weighted by Gasteiger charge is -2.10. The summed E-state index contributed by atoms with van der Waals surface area (Å²) in [4.78, 5) is 11.6. The largest absolute Gasteiger partial charge is 0.295 e. The first kappa shape index (κ1) is 10.2. The van der Waals surface area contributed by atoms with Crippen LogP contribution in [-0.4, -0.2) is 5.78 Å². The Balaban J connectivity index is 2.29. The van der Waals surface area contributed by atoms with E-state index in [2.05, 4.69) is 12.7 Å². The van der Waals surface area contributed by atoms with E-state index in [1.165, 1.54) is 12.8 Å². The summed E-state index contributed by atoms with van der Waals surface area (Å²) in [7, 11) is 0. The minimum absolute atomic E-state index is 0.363. The van der Waals surface area contributed by atoms with Crippen LogP contribution in [0.15, 0.2) is 24.3 Å². The van der Waals surface area contributed by atoms with Gasteiger partial charge in [0.2, 0.25) is 0 Å². The average Bonchev–Trinajstić information content (AvgIpc) is 2.19. The van der Waals surface area contributed by atoms with Crippen LogP contribution in [0.4, 0.5) is 0 Å². The van der Waals surface area contributed by atoms with Gasteiger partial charge in [-0.15, -0.1) is 6.58 Å². The molecule has 1 heteroatoms. The minimum atomic E-state index is 0.363. The molecule has 0 radical (unpaired) electrons. The molecule has 0 saturated heterocycles. The second kappa shape index (κ2) is 5.74. The van der Waals surface area contributed by atoms with Gasteiger partial charge in [-0.2, -0.15) is 0 Å². The van der Waals surface area contributed by atoms with E-state index < -0.39 is 0 Å². The Hall–Kier alpha value is -0.850. The Morgan fingerprint density at radius 3 is 3.00 bits per heavy atom. The number of hydrogen-bond donors (Lipinski definition) is 0. The molecule has 1 nitrogen and oxygen atoms in total. The van der Waals surface area contributed by atoms with Crippen molar-refractivity contribution in [3.63, 3.8) is 0 Å². The summed E-state index contributed by atoms with van der Waals surface area (Å²) >= 11 is 0. The molecule has 0 fully saturated rings. The molecule has 0 N–H and O–H groups in total. The van der Waals surface area contributed by atoms with Crippen molar-refractivity contribution >= 4 is 5.78 Å².